The summed E-state index contributed by atoms with van der Waals surface area (Å²) in [6, 6.07) is 7.85. The molecule has 0 fully saturated rings. The molecule has 2 aromatic carbocycles. The van der Waals surface area contributed by atoms with E-state index in [0.29, 0.717) is 0 Å². The summed E-state index contributed by atoms with van der Waals surface area (Å²) in [5.74, 6) is -1.50. The van der Waals surface area contributed by atoms with Crippen LogP contribution in [0.5, 0.6) is 0 Å². The minimum Gasteiger partial charge on any atom is -0.253 e. The number of nitrogens with one attached hydrogen (secondary N) is 1. The predicted octanol–water partition coefficient (Wildman–Crippen LogP) is 4.42. The lowest BCUT2D eigenvalue weighted by Crippen LogP contribution is -2.14. The number of aromatic nitrogens is 2. The maximum Gasteiger partial charge on any atom is 0.266 e. The highest BCUT2D eigenvalue weighted by atomic mass is 35.5. The second-order valence-electron chi connectivity index (χ2n) is 4.59. The van der Waals surface area contributed by atoms with Gasteiger partial charge in [-0.05, 0) is 24.3 Å². The highest BCUT2D eigenvalue weighted by Crippen LogP contribution is 2.37. The molecule has 5 nitrogen and oxygen atoms in total. The molecule has 1 aromatic heterocycles. The normalized spacial score (nSPS) is 11.5. The first-order chi connectivity index (χ1) is 11.9. The standard InChI is InChI=1S/C14H8ClF2N3O2S3/c15-8-5-13(25(21,22)20-14-19-18-7-23-14)10(17)6-12(8)24-11-4-2-1-3-9(11)16/h1-7H,(H,19,20). The largest absolute Gasteiger partial charge is 0.266 e. The minimum absolute atomic E-state index is 0.000306. The molecule has 3 rings (SSSR count). The number of anilines is 1. The maximum absolute atomic E-state index is 14.3. The predicted molar refractivity (Wildman–Crippen MR) is 92.7 cm³/mol. The van der Waals surface area contributed by atoms with Gasteiger partial charge in [0.15, 0.2) is 0 Å². The number of nitrogens with zero attached hydrogens (tertiary/aromatic N) is 2. The lowest BCUT2D eigenvalue weighted by Gasteiger charge is -2.10. The zero-order valence-electron chi connectivity index (χ0n) is 12.1. The Bertz CT molecular complexity index is 1010. The van der Waals surface area contributed by atoms with Crippen LogP contribution in [0.1, 0.15) is 0 Å². The molecule has 0 aliphatic heterocycles. The first kappa shape index (κ1) is 18.1. The molecule has 3 aromatic rings. The van der Waals surface area contributed by atoms with Gasteiger partial charge in [0.25, 0.3) is 10.0 Å². The second-order valence-corrected chi connectivity index (χ2v) is 8.57. The summed E-state index contributed by atoms with van der Waals surface area (Å²) in [6.45, 7) is 0. The Kier molecular flexibility index (Phi) is 5.23. The number of halogens is 3. The van der Waals surface area contributed by atoms with Crippen molar-refractivity contribution < 1.29 is 17.2 Å². The summed E-state index contributed by atoms with van der Waals surface area (Å²) in [5.41, 5.74) is 1.33. The summed E-state index contributed by atoms with van der Waals surface area (Å²) < 4.78 is 54.7. The van der Waals surface area contributed by atoms with Gasteiger partial charge in [0, 0.05) is 9.79 Å². The highest BCUT2D eigenvalue weighted by Gasteiger charge is 2.23. The highest BCUT2D eigenvalue weighted by molar-refractivity contribution is 7.99. The Morgan fingerprint density at radius 1 is 1.12 bits per heavy atom. The van der Waals surface area contributed by atoms with E-state index in [0.717, 1.165) is 35.2 Å². The maximum atomic E-state index is 14.3. The van der Waals surface area contributed by atoms with Crippen LogP contribution >= 0.6 is 34.7 Å². The molecule has 1 heterocycles. The molecule has 0 amide bonds. The van der Waals surface area contributed by atoms with Gasteiger partial charge in [-0.3, -0.25) is 4.72 Å². The number of sulfonamides is 1. The molecule has 130 valence electrons. The van der Waals surface area contributed by atoms with Crippen molar-refractivity contribution in [3.05, 3.63) is 58.6 Å². The van der Waals surface area contributed by atoms with Crippen LogP contribution in [-0.4, -0.2) is 18.6 Å². The topological polar surface area (TPSA) is 72.0 Å². The van der Waals surface area contributed by atoms with E-state index in [2.05, 4.69) is 14.9 Å². The van der Waals surface area contributed by atoms with Gasteiger partial charge in [0.05, 0.1) is 5.02 Å². The van der Waals surface area contributed by atoms with Gasteiger partial charge in [-0.25, -0.2) is 17.2 Å². The van der Waals surface area contributed by atoms with Crippen molar-refractivity contribution in [1.82, 2.24) is 10.2 Å². The average Bonchev–Trinajstić information content (AvgIpc) is 3.04. The van der Waals surface area contributed by atoms with Gasteiger partial charge in [-0.15, -0.1) is 10.2 Å². The van der Waals surface area contributed by atoms with Crippen molar-refractivity contribution in [2.75, 3.05) is 4.72 Å². The monoisotopic (exact) mass is 419 g/mol. The fraction of sp³-hybridized carbons (Fsp3) is 0. The van der Waals surface area contributed by atoms with E-state index >= 15 is 0 Å². The van der Waals surface area contributed by atoms with Crippen molar-refractivity contribution in [1.29, 1.82) is 0 Å². The lowest BCUT2D eigenvalue weighted by molar-refractivity contribution is 0.568. The van der Waals surface area contributed by atoms with E-state index in [9.17, 15) is 17.2 Å². The van der Waals surface area contributed by atoms with E-state index in [1.54, 1.807) is 6.07 Å². The summed E-state index contributed by atoms with van der Waals surface area (Å²) in [5, 5.41) is 7.01. The Hall–Kier alpha value is -1.75. The summed E-state index contributed by atoms with van der Waals surface area (Å²) in [7, 11) is -4.22. The van der Waals surface area contributed by atoms with E-state index in [1.807, 2.05) is 0 Å². The molecular formula is C14H8ClF2N3O2S3. The number of hydrogen-bond acceptors (Lipinski definition) is 6. The van der Waals surface area contributed by atoms with Crippen LogP contribution < -0.4 is 4.72 Å². The SMILES string of the molecule is O=S(=O)(Nc1nncs1)c1cc(Cl)c(Sc2ccccc2F)cc1F. The minimum atomic E-state index is -4.22. The third-order valence-electron chi connectivity index (χ3n) is 2.91. The Labute approximate surface area is 155 Å². The molecular weight excluding hydrogens is 412 g/mol. The number of hydrogen-bond donors (Lipinski definition) is 1. The van der Waals surface area contributed by atoms with Gasteiger partial charge >= 0.3 is 0 Å². The first-order valence-corrected chi connectivity index (χ1v) is 10.1. The van der Waals surface area contributed by atoms with E-state index in [-0.39, 0.29) is 19.9 Å². The van der Waals surface area contributed by atoms with Gasteiger partial charge in [0.1, 0.15) is 22.0 Å². The summed E-state index contributed by atoms with van der Waals surface area (Å²) in [4.78, 5) is -0.198. The third kappa shape index (κ3) is 4.09. The smallest absolute Gasteiger partial charge is 0.253 e. The van der Waals surface area contributed by atoms with Crippen LogP contribution in [0.25, 0.3) is 0 Å². The molecule has 0 spiro atoms. The van der Waals surface area contributed by atoms with Gasteiger partial charge in [-0.2, -0.15) is 0 Å². The zero-order chi connectivity index (χ0) is 18.0. The molecule has 0 saturated heterocycles. The molecule has 0 saturated carbocycles. The molecule has 0 radical (unpaired) electrons. The second kappa shape index (κ2) is 7.24. The molecule has 0 unspecified atom stereocenters. The number of benzene rings is 2. The van der Waals surface area contributed by atoms with Crippen molar-refractivity contribution >= 4 is 49.9 Å². The van der Waals surface area contributed by atoms with Gasteiger partial charge in [0.2, 0.25) is 5.13 Å². The molecule has 0 atom stereocenters. The van der Waals surface area contributed by atoms with E-state index in [1.165, 1.54) is 23.7 Å². The molecule has 0 aliphatic carbocycles. The summed E-state index contributed by atoms with van der Waals surface area (Å²) >= 11 is 7.91. The van der Waals surface area contributed by atoms with Crippen LogP contribution in [0.15, 0.2) is 56.6 Å². The molecule has 25 heavy (non-hydrogen) atoms. The van der Waals surface area contributed by atoms with E-state index < -0.39 is 26.6 Å². The van der Waals surface area contributed by atoms with Crippen LogP contribution in [0.4, 0.5) is 13.9 Å². The Morgan fingerprint density at radius 3 is 2.56 bits per heavy atom. The first-order valence-electron chi connectivity index (χ1n) is 6.57. The quantitative estimate of drug-likeness (QED) is 0.662. The van der Waals surface area contributed by atoms with Crippen LogP contribution in [-0.2, 0) is 10.0 Å². The molecule has 1 N–H and O–H groups in total. The van der Waals surface area contributed by atoms with Crippen LogP contribution in [0, 0.1) is 11.6 Å². The van der Waals surface area contributed by atoms with Crippen molar-refractivity contribution in [3.8, 4) is 0 Å². The Morgan fingerprint density at radius 2 is 1.88 bits per heavy atom. The van der Waals surface area contributed by atoms with E-state index in [4.69, 9.17) is 11.6 Å². The summed E-state index contributed by atoms with van der Waals surface area (Å²) in [6.07, 6.45) is 0. The fourth-order valence-corrected chi connectivity index (χ4v) is 4.82. The van der Waals surface area contributed by atoms with Crippen molar-refractivity contribution in [3.63, 3.8) is 0 Å². The third-order valence-corrected chi connectivity index (χ3v) is 6.54. The molecule has 11 heteroatoms. The van der Waals surface area contributed by atoms with Gasteiger partial charge in [-0.1, -0.05) is 46.8 Å². The van der Waals surface area contributed by atoms with Crippen LogP contribution in [0.3, 0.4) is 0 Å². The Balaban J connectivity index is 1.94. The number of rotatable bonds is 5. The average molecular weight is 420 g/mol. The van der Waals surface area contributed by atoms with Crippen LogP contribution in [0.2, 0.25) is 5.02 Å². The van der Waals surface area contributed by atoms with Gasteiger partial charge < -0.3 is 0 Å². The zero-order valence-corrected chi connectivity index (χ0v) is 15.3. The molecule has 0 bridgehead atoms. The fourth-order valence-electron chi connectivity index (χ4n) is 1.83. The van der Waals surface area contributed by atoms with Crippen molar-refractivity contribution in [2.45, 2.75) is 14.7 Å². The molecule has 0 aliphatic rings. The van der Waals surface area contributed by atoms with Crippen molar-refractivity contribution in [2.24, 2.45) is 0 Å². The lowest BCUT2D eigenvalue weighted by atomic mass is 10.3.